The Balaban J connectivity index is 1.40. The third-order valence-electron chi connectivity index (χ3n) is 6.94. The lowest BCUT2D eigenvalue weighted by Gasteiger charge is -2.29. The fraction of sp³-hybridized carbons (Fsp3) is 0.219. The van der Waals surface area contributed by atoms with Gasteiger partial charge in [0.1, 0.15) is 11.5 Å². The second-order valence-electron chi connectivity index (χ2n) is 9.59. The van der Waals surface area contributed by atoms with Gasteiger partial charge in [0.2, 0.25) is 0 Å². The van der Waals surface area contributed by atoms with Gasteiger partial charge in [-0.05, 0) is 78.9 Å². The van der Waals surface area contributed by atoms with Gasteiger partial charge in [0, 0.05) is 18.1 Å². The molecule has 4 nitrogen and oxygen atoms in total. The van der Waals surface area contributed by atoms with Gasteiger partial charge in [0.05, 0.1) is 5.56 Å². The molecule has 1 heterocycles. The maximum Gasteiger partial charge on any atom is 0.257 e. The van der Waals surface area contributed by atoms with Gasteiger partial charge < -0.3 is 15.0 Å². The average Bonchev–Trinajstić information content (AvgIpc) is 3.37. The van der Waals surface area contributed by atoms with Crippen molar-refractivity contribution in [2.24, 2.45) is 11.8 Å². The highest BCUT2D eigenvalue weighted by Crippen LogP contribution is 2.29. The van der Waals surface area contributed by atoms with Crippen LogP contribution in [0.5, 0.6) is 11.5 Å². The van der Waals surface area contributed by atoms with Gasteiger partial charge in [0.25, 0.3) is 5.91 Å². The van der Waals surface area contributed by atoms with E-state index >= 15 is 0 Å². The minimum absolute atomic E-state index is 0.0353. The molecule has 1 aliphatic rings. The van der Waals surface area contributed by atoms with Crippen molar-refractivity contribution < 1.29 is 9.53 Å². The van der Waals surface area contributed by atoms with E-state index in [1.807, 2.05) is 83.8 Å². The molecule has 5 heteroatoms. The minimum atomic E-state index is -0.0353. The maximum atomic E-state index is 14.1. The molecular formula is C32H31ClN2O2. The highest BCUT2D eigenvalue weighted by molar-refractivity contribution is 6.30. The lowest BCUT2D eigenvalue weighted by atomic mass is 9.89. The molecule has 1 aliphatic heterocycles. The van der Waals surface area contributed by atoms with Crippen LogP contribution in [0.25, 0.3) is 0 Å². The average molecular weight is 511 g/mol. The van der Waals surface area contributed by atoms with Crippen molar-refractivity contribution in [3.8, 4) is 11.5 Å². The number of benzene rings is 4. The number of carbonyl (C=O) groups excluding carboxylic acids is 1. The van der Waals surface area contributed by atoms with E-state index in [4.69, 9.17) is 16.3 Å². The van der Waals surface area contributed by atoms with Crippen molar-refractivity contribution >= 4 is 17.5 Å². The number of ether oxygens (including phenoxy) is 1. The fourth-order valence-electron chi connectivity index (χ4n) is 4.99. The summed E-state index contributed by atoms with van der Waals surface area (Å²) in [5.41, 5.74) is 2.94. The van der Waals surface area contributed by atoms with Crippen molar-refractivity contribution in [3.05, 3.63) is 131 Å². The van der Waals surface area contributed by atoms with Gasteiger partial charge in [-0.3, -0.25) is 4.79 Å². The molecule has 4 aromatic carbocycles. The van der Waals surface area contributed by atoms with E-state index in [-0.39, 0.29) is 5.91 Å². The predicted octanol–water partition coefficient (Wildman–Crippen LogP) is 6.85. The summed E-state index contributed by atoms with van der Waals surface area (Å²) in [5.74, 6) is 2.03. The van der Waals surface area contributed by atoms with Crippen molar-refractivity contribution in [1.82, 2.24) is 10.2 Å². The van der Waals surface area contributed by atoms with Crippen LogP contribution in [0.4, 0.5) is 0 Å². The monoisotopic (exact) mass is 510 g/mol. The molecule has 188 valence electrons. The normalized spacial score (nSPS) is 16.9. The van der Waals surface area contributed by atoms with Gasteiger partial charge >= 0.3 is 0 Å². The Morgan fingerprint density at radius 2 is 1.43 bits per heavy atom. The molecule has 0 unspecified atom stereocenters. The molecule has 5 rings (SSSR count). The van der Waals surface area contributed by atoms with Gasteiger partial charge in [-0.15, -0.1) is 0 Å². The van der Waals surface area contributed by atoms with Crippen LogP contribution in [0.2, 0.25) is 5.02 Å². The van der Waals surface area contributed by atoms with Crippen LogP contribution in [-0.4, -0.2) is 30.4 Å². The number of rotatable bonds is 9. The summed E-state index contributed by atoms with van der Waals surface area (Å²) in [5, 5.41) is 4.25. The minimum Gasteiger partial charge on any atom is -0.457 e. The molecular weight excluding hydrogens is 480 g/mol. The fourth-order valence-corrected chi connectivity index (χ4v) is 5.11. The molecule has 0 aromatic heterocycles. The molecule has 0 saturated carbocycles. The molecule has 0 radical (unpaired) electrons. The van der Waals surface area contributed by atoms with E-state index < -0.39 is 0 Å². The lowest BCUT2D eigenvalue weighted by Crippen LogP contribution is -2.37. The van der Waals surface area contributed by atoms with Crippen molar-refractivity contribution in [2.45, 2.75) is 13.0 Å². The second-order valence-corrected chi connectivity index (χ2v) is 10.0. The van der Waals surface area contributed by atoms with Gasteiger partial charge in [0.15, 0.2) is 0 Å². The third-order valence-corrected chi connectivity index (χ3v) is 7.19. The van der Waals surface area contributed by atoms with E-state index in [9.17, 15) is 4.79 Å². The zero-order valence-corrected chi connectivity index (χ0v) is 21.5. The highest BCUT2D eigenvalue weighted by atomic mass is 35.5. The Hall–Kier alpha value is -3.60. The molecule has 2 atom stereocenters. The van der Waals surface area contributed by atoms with Crippen LogP contribution in [0.1, 0.15) is 21.5 Å². The maximum absolute atomic E-state index is 14.1. The summed E-state index contributed by atoms with van der Waals surface area (Å²) in [6.45, 7) is 3.01. The summed E-state index contributed by atoms with van der Waals surface area (Å²) in [6, 6.07) is 35.4. The van der Waals surface area contributed by atoms with E-state index in [0.29, 0.717) is 47.0 Å². The third kappa shape index (κ3) is 6.59. The molecule has 0 spiro atoms. The predicted molar refractivity (Wildman–Crippen MR) is 149 cm³/mol. The first kappa shape index (κ1) is 25.1. The Labute approximate surface area is 223 Å². The molecule has 1 fully saturated rings. The topological polar surface area (TPSA) is 41.6 Å². The van der Waals surface area contributed by atoms with Crippen molar-refractivity contribution in [1.29, 1.82) is 0 Å². The first-order valence-electron chi connectivity index (χ1n) is 12.8. The number of hydrogen-bond donors (Lipinski definition) is 1. The first-order valence-corrected chi connectivity index (χ1v) is 13.1. The van der Waals surface area contributed by atoms with E-state index in [1.165, 1.54) is 5.56 Å². The largest absolute Gasteiger partial charge is 0.457 e. The zero-order chi connectivity index (χ0) is 25.5. The van der Waals surface area contributed by atoms with E-state index in [2.05, 4.69) is 35.6 Å². The van der Waals surface area contributed by atoms with Crippen LogP contribution < -0.4 is 10.1 Å². The summed E-state index contributed by atoms with van der Waals surface area (Å²) >= 11 is 6.13. The van der Waals surface area contributed by atoms with E-state index in [0.717, 1.165) is 25.1 Å². The van der Waals surface area contributed by atoms with Gasteiger partial charge in [-0.1, -0.05) is 84.4 Å². The van der Waals surface area contributed by atoms with E-state index in [1.54, 1.807) is 0 Å². The van der Waals surface area contributed by atoms with Crippen LogP contribution >= 0.6 is 11.6 Å². The second kappa shape index (κ2) is 12.1. The molecule has 1 N–H and O–H groups in total. The number of nitrogens with zero attached hydrogens (tertiary/aromatic N) is 1. The van der Waals surface area contributed by atoms with Gasteiger partial charge in [-0.2, -0.15) is 0 Å². The summed E-state index contributed by atoms with van der Waals surface area (Å²) in [6.07, 6.45) is 0.995. The number of para-hydroxylation sites is 2. The van der Waals surface area contributed by atoms with Crippen LogP contribution in [-0.2, 0) is 13.0 Å². The first-order chi connectivity index (χ1) is 18.2. The zero-order valence-electron chi connectivity index (χ0n) is 20.7. The Bertz CT molecular complexity index is 1300. The number of carbonyl (C=O) groups is 1. The molecule has 0 bridgehead atoms. The van der Waals surface area contributed by atoms with Crippen LogP contribution in [0, 0.1) is 11.8 Å². The van der Waals surface area contributed by atoms with Gasteiger partial charge in [-0.25, -0.2) is 0 Å². The Morgan fingerprint density at radius 1 is 0.784 bits per heavy atom. The molecule has 1 amide bonds. The number of amides is 1. The number of halogens is 1. The van der Waals surface area contributed by atoms with Crippen LogP contribution in [0.3, 0.4) is 0 Å². The van der Waals surface area contributed by atoms with Crippen molar-refractivity contribution in [2.75, 3.05) is 19.6 Å². The molecule has 0 aliphatic carbocycles. The van der Waals surface area contributed by atoms with Crippen molar-refractivity contribution in [3.63, 3.8) is 0 Å². The Kier molecular flexibility index (Phi) is 8.19. The summed E-state index contributed by atoms with van der Waals surface area (Å²) in [4.78, 5) is 16.0. The molecule has 1 saturated heterocycles. The molecule has 4 aromatic rings. The standard InChI is InChI=1S/C32H31ClN2O2/c33-28-17-15-25(16-18-28)22-35(23-27-21-34-20-26(27)19-24-9-3-1-4-10-24)32(36)30-13-7-8-14-31(30)37-29-11-5-2-6-12-29/h1-18,26-27,34H,19-23H2/t26-,27+/m0/s1. The summed E-state index contributed by atoms with van der Waals surface area (Å²) in [7, 11) is 0. The highest BCUT2D eigenvalue weighted by Gasteiger charge is 2.31. The molecule has 37 heavy (non-hydrogen) atoms. The smallest absolute Gasteiger partial charge is 0.257 e. The van der Waals surface area contributed by atoms with Crippen LogP contribution in [0.15, 0.2) is 109 Å². The quantitative estimate of drug-likeness (QED) is 0.267. The SMILES string of the molecule is O=C(c1ccccc1Oc1ccccc1)N(Cc1ccc(Cl)cc1)C[C@H]1CNC[C@@H]1Cc1ccccc1. The Morgan fingerprint density at radius 3 is 2.19 bits per heavy atom. The lowest BCUT2D eigenvalue weighted by molar-refractivity contribution is 0.0703. The number of hydrogen-bond acceptors (Lipinski definition) is 3. The number of nitrogens with one attached hydrogen (secondary N) is 1. The summed E-state index contributed by atoms with van der Waals surface area (Å²) < 4.78 is 6.14.